The molecule has 0 aliphatic heterocycles. The van der Waals surface area contributed by atoms with E-state index in [2.05, 4.69) is 0 Å². The SMILES string of the molecule is COC(=O)CC1(CC(N)c2ccc(F)cc2)CCCC1. The minimum atomic E-state index is -0.258. The largest absolute Gasteiger partial charge is 0.469 e. The molecule has 20 heavy (non-hydrogen) atoms. The van der Waals surface area contributed by atoms with Gasteiger partial charge in [0.15, 0.2) is 0 Å². The highest BCUT2D eigenvalue weighted by Gasteiger charge is 2.37. The molecule has 1 aromatic rings. The molecule has 1 unspecified atom stereocenters. The van der Waals surface area contributed by atoms with Crippen molar-refractivity contribution in [3.05, 3.63) is 35.6 Å². The van der Waals surface area contributed by atoms with Crippen molar-refractivity contribution in [2.75, 3.05) is 7.11 Å². The van der Waals surface area contributed by atoms with Crippen molar-refractivity contribution < 1.29 is 13.9 Å². The molecule has 0 saturated heterocycles. The van der Waals surface area contributed by atoms with Gasteiger partial charge < -0.3 is 10.5 Å². The molecule has 0 spiro atoms. The molecule has 3 nitrogen and oxygen atoms in total. The van der Waals surface area contributed by atoms with Gasteiger partial charge in [0.25, 0.3) is 0 Å². The van der Waals surface area contributed by atoms with Gasteiger partial charge in [0, 0.05) is 6.04 Å². The number of halogens is 1. The summed E-state index contributed by atoms with van der Waals surface area (Å²) in [4.78, 5) is 11.6. The number of methoxy groups -OCH3 is 1. The minimum Gasteiger partial charge on any atom is -0.469 e. The first-order valence-corrected chi connectivity index (χ1v) is 7.12. The van der Waals surface area contributed by atoms with Crippen LogP contribution in [-0.4, -0.2) is 13.1 Å². The monoisotopic (exact) mass is 279 g/mol. The molecule has 1 fully saturated rings. The summed E-state index contributed by atoms with van der Waals surface area (Å²) in [5, 5.41) is 0. The number of hydrogen-bond acceptors (Lipinski definition) is 3. The van der Waals surface area contributed by atoms with E-state index in [1.807, 2.05) is 0 Å². The number of esters is 1. The van der Waals surface area contributed by atoms with Crippen molar-refractivity contribution in [2.45, 2.75) is 44.6 Å². The lowest BCUT2D eigenvalue weighted by atomic mass is 9.76. The molecule has 2 rings (SSSR count). The summed E-state index contributed by atoms with van der Waals surface area (Å²) in [6, 6.07) is 6.13. The van der Waals surface area contributed by atoms with Crippen LogP contribution >= 0.6 is 0 Å². The van der Waals surface area contributed by atoms with Gasteiger partial charge >= 0.3 is 5.97 Å². The maximum Gasteiger partial charge on any atom is 0.306 e. The van der Waals surface area contributed by atoms with E-state index in [-0.39, 0.29) is 23.2 Å². The molecular weight excluding hydrogens is 257 g/mol. The lowest BCUT2D eigenvalue weighted by Gasteiger charge is -2.31. The van der Waals surface area contributed by atoms with Crippen LogP contribution in [0.4, 0.5) is 4.39 Å². The number of carbonyl (C=O) groups is 1. The van der Waals surface area contributed by atoms with Gasteiger partial charge in [0.05, 0.1) is 13.5 Å². The molecule has 0 heterocycles. The van der Waals surface area contributed by atoms with Gasteiger partial charge in [-0.1, -0.05) is 25.0 Å². The number of ether oxygens (including phenoxy) is 1. The fourth-order valence-corrected chi connectivity index (χ4v) is 3.25. The Kier molecular flexibility index (Phi) is 4.76. The molecule has 2 N–H and O–H groups in total. The summed E-state index contributed by atoms with van der Waals surface area (Å²) >= 11 is 0. The lowest BCUT2D eigenvalue weighted by Crippen LogP contribution is -2.27. The zero-order valence-corrected chi connectivity index (χ0v) is 11.9. The summed E-state index contributed by atoms with van der Waals surface area (Å²) in [6.07, 6.45) is 5.46. The summed E-state index contributed by atoms with van der Waals surface area (Å²) in [5.41, 5.74) is 7.12. The maximum atomic E-state index is 12.9. The van der Waals surface area contributed by atoms with Crippen molar-refractivity contribution in [1.82, 2.24) is 0 Å². The number of hydrogen-bond donors (Lipinski definition) is 1. The van der Waals surface area contributed by atoms with Gasteiger partial charge in [-0.05, 0) is 42.4 Å². The van der Waals surface area contributed by atoms with Crippen LogP contribution in [0.5, 0.6) is 0 Å². The first kappa shape index (κ1) is 15.0. The Balaban J connectivity index is 2.07. The fourth-order valence-electron chi connectivity index (χ4n) is 3.25. The molecule has 0 aromatic heterocycles. The van der Waals surface area contributed by atoms with Crippen LogP contribution in [0.2, 0.25) is 0 Å². The molecule has 1 aliphatic rings. The van der Waals surface area contributed by atoms with Gasteiger partial charge in [-0.25, -0.2) is 4.39 Å². The second-order valence-electron chi connectivity index (χ2n) is 5.82. The average molecular weight is 279 g/mol. The summed E-state index contributed by atoms with van der Waals surface area (Å²) in [7, 11) is 1.42. The van der Waals surface area contributed by atoms with E-state index in [9.17, 15) is 9.18 Å². The molecular formula is C16H22FNO2. The highest BCUT2D eigenvalue weighted by atomic mass is 19.1. The molecule has 1 saturated carbocycles. The number of carbonyl (C=O) groups excluding carboxylic acids is 1. The van der Waals surface area contributed by atoms with Crippen LogP contribution in [0.1, 0.15) is 50.1 Å². The summed E-state index contributed by atoms with van der Waals surface area (Å²) in [5.74, 6) is -0.427. The summed E-state index contributed by atoms with van der Waals surface area (Å²) < 4.78 is 17.8. The van der Waals surface area contributed by atoms with Crippen LogP contribution < -0.4 is 5.73 Å². The van der Waals surface area contributed by atoms with E-state index in [4.69, 9.17) is 10.5 Å². The summed E-state index contributed by atoms with van der Waals surface area (Å²) in [6.45, 7) is 0. The molecule has 0 bridgehead atoms. The minimum absolute atomic E-state index is 0.0547. The van der Waals surface area contributed by atoms with E-state index < -0.39 is 0 Å². The lowest BCUT2D eigenvalue weighted by molar-refractivity contribution is -0.143. The molecule has 1 atom stereocenters. The van der Waals surface area contributed by atoms with E-state index in [1.165, 1.54) is 19.2 Å². The van der Waals surface area contributed by atoms with Crippen molar-refractivity contribution >= 4 is 5.97 Å². The Bertz CT molecular complexity index is 452. The third-order valence-corrected chi connectivity index (χ3v) is 4.36. The van der Waals surface area contributed by atoms with E-state index >= 15 is 0 Å². The van der Waals surface area contributed by atoms with Crippen LogP contribution in [0.25, 0.3) is 0 Å². The van der Waals surface area contributed by atoms with E-state index in [0.29, 0.717) is 6.42 Å². The predicted molar refractivity (Wildman–Crippen MR) is 75.5 cm³/mol. The van der Waals surface area contributed by atoms with Gasteiger partial charge in [0.2, 0.25) is 0 Å². The Morgan fingerprint density at radius 3 is 2.50 bits per heavy atom. The second-order valence-corrected chi connectivity index (χ2v) is 5.82. The van der Waals surface area contributed by atoms with Crippen LogP contribution in [-0.2, 0) is 9.53 Å². The number of rotatable bonds is 5. The quantitative estimate of drug-likeness (QED) is 0.841. The van der Waals surface area contributed by atoms with Crippen molar-refractivity contribution in [1.29, 1.82) is 0 Å². The van der Waals surface area contributed by atoms with Gasteiger partial charge in [0.1, 0.15) is 5.82 Å². The third-order valence-electron chi connectivity index (χ3n) is 4.36. The van der Waals surface area contributed by atoms with Crippen LogP contribution in [0, 0.1) is 11.2 Å². The Labute approximate surface area is 119 Å². The van der Waals surface area contributed by atoms with Crippen LogP contribution in [0.3, 0.4) is 0 Å². The first-order chi connectivity index (χ1) is 9.54. The average Bonchev–Trinajstić information content (AvgIpc) is 2.87. The van der Waals surface area contributed by atoms with Crippen molar-refractivity contribution in [3.8, 4) is 0 Å². The van der Waals surface area contributed by atoms with Crippen LogP contribution in [0.15, 0.2) is 24.3 Å². The Hall–Kier alpha value is -1.42. The zero-order chi connectivity index (χ0) is 14.6. The van der Waals surface area contributed by atoms with E-state index in [0.717, 1.165) is 37.7 Å². The zero-order valence-electron chi connectivity index (χ0n) is 11.9. The van der Waals surface area contributed by atoms with Crippen molar-refractivity contribution in [3.63, 3.8) is 0 Å². The predicted octanol–water partition coefficient (Wildman–Crippen LogP) is 3.34. The molecule has 0 radical (unpaired) electrons. The maximum absolute atomic E-state index is 12.9. The fraction of sp³-hybridized carbons (Fsp3) is 0.562. The highest BCUT2D eigenvalue weighted by molar-refractivity contribution is 5.70. The topological polar surface area (TPSA) is 52.3 Å². The molecule has 1 aromatic carbocycles. The van der Waals surface area contributed by atoms with Crippen molar-refractivity contribution in [2.24, 2.45) is 11.1 Å². The normalized spacial score (nSPS) is 18.8. The van der Waals surface area contributed by atoms with Gasteiger partial charge in [-0.2, -0.15) is 0 Å². The molecule has 4 heteroatoms. The number of benzene rings is 1. The Morgan fingerprint density at radius 1 is 1.35 bits per heavy atom. The number of nitrogens with two attached hydrogens (primary N) is 1. The van der Waals surface area contributed by atoms with Gasteiger partial charge in [-0.3, -0.25) is 4.79 Å². The third kappa shape index (κ3) is 3.57. The first-order valence-electron chi connectivity index (χ1n) is 7.12. The Morgan fingerprint density at radius 2 is 1.95 bits per heavy atom. The van der Waals surface area contributed by atoms with E-state index in [1.54, 1.807) is 12.1 Å². The highest BCUT2D eigenvalue weighted by Crippen LogP contribution is 2.46. The smallest absolute Gasteiger partial charge is 0.306 e. The standard InChI is InChI=1S/C16H22FNO2/c1-20-15(19)11-16(8-2-3-9-16)10-14(18)12-4-6-13(17)7-5-12/h4-7,14H,2-3,8-11,18H2,1H3. The second kappa shape index (κ2) is 6.35. The molecule has 110 valence electrons. The molecule has 0 amide bonds. The van der Waals surface area contributed by atoms with Gasteiger partial charge in [-0.15, -0.1) is 0 Å². The molecule has 1 aliphatic carbocycles.